The van der Waals surface area contributed by atoms with Gasteiger partial charge < -0.3 is 15.1 Å². The number of hydrogen-bond donors (Lipinski definition) is 1. The molecule has 2 rings (SSSR count). The van der Waals surface area contributed by atoms with Crippen LogP contribution in [0.15, 0.2) is 0 Å². The molecule has 0 aliphatic carbocycles. The average Bonchev–Trinajstić information content (AvgIpc) is 3.06. The number of halogens is 2. The Balaban J connectivity index is 0.00000242. The summed E-state index contributed by atoms with van der Waals surface area (Å²) in [6, 6.07) is 0.00271. The van der Waals surface area contributed by atoms with Crippen molar-refractivity contribution in [1.29, 1.82) is 0 Å². The second kappa shape index (κ2) is 11.1. The zero-order valence-corrected chi connectivity index (χ0v) is 15.8. The van der Waals surface area contributed by atoms with Gasteiger partial charge in [0.2, 0.25) is 11.8 Å². The summed E-state index contributed by atoms with van der Waals surface area (Å²) in [7, 11) is 0. The van der Waals surface area contributed by atoms with Gasteiger partial charge in [0.05, 0.1) is 12.6 Å². The molecule has 2 fully saturated rings. The third kappa shape index (κ3) is 6.10. The van der Waals surface area contributed by atoms with Crippen LogP contribution in [-0.4, -0.2) is 84.9 Å². The van der Waals surface area contributed by atoms with E-state index in [1.165, 1.54) is 0 Å². The first-order chi connectivity index (χ1) is 10.2. The van der Waals surface area contributed by atoms with Crippen LogP contribution >= 0.6 is 24.8 Å². The van der Waals surface area contributed by atoms with Gasteiger partial charge in [-0.05, 0) is 32.5 Å². The Hall–Kier alpha value is -0.560. The Morgan fingerprint density at radius 1 is 1.04 bits per heavy atom. The predicted molar refractivity (Wildman–Crippen MR) is 96.5 cm³/mol. The zero-order valence-electron chi connectivity index (χ0n) is 14.1. The Bertz CT molecular complexity index is 366. The monoisotopic (exact) mass is 368 g/mol. The molecule has 2 aliphatic heterocycles. The molecule has 0 radical (unpaired) electrons. The van der Waals surface area contributed by atoms with Crippen molar-refractivity contribution in [2.24, 2.45) is 0 Å². The van der Waals surface area contributed by atoms with Crippen LogP contribution in [0.5, 0.6) is 0 Å². The maximum absolute atomic E-state index is 12.3. The highest BCUT2D eigenvalue weighted by atomic mass is 35.5. The van der Waals surface area contributed by atoms with Gasteiger partial charge >= 0.3 is 0 Å². The van der Waals surface area contributed by atoms with Gasteiger partial charge in [0, 0.05) is 26.2 Å². The van der Waals surface area contributed by atoms with Crippen molar-refractivity contribution in [3.8, 4) is 0 Å². The van der Waals surface area contributed by atoms with E-state index < -0.39 is 0 Å². The highest BCUT2D eigenvalue weighted by Gasteiger charge is 2.30. The summed E-state index contributed by atoms with van der Waals surface area (Å²) in [6.45, 7) is 10.0. The molecular formula is C15H30Cl2N4O2. The number of amides is 2. The fraction of sp³-hybridized carbons (Fsp3) is 0.867. The molecule has 2 aliphatic rings. The van der Waals surface area contributed by atoms with E-state index in [2.05, 4.69) is 24.1 Å². The Kier molecular flexibility index (Phi) is 10.8. The van der Waals surface area contributed by atoms with Crippen LogP contribution in [-0.2, 0) is 9.59 Å². The fourth-order valence-corrected chi connectivity index (χ4v) is 3.03. The van der Waals surface area contributed by atoms with Gasteiger partial charge in [0.25, 0.3) is 0 Å². The molecule has 8 heteroatoms. The molecule has 0 aromatic carbocycles. The first-order valence-electron chi connectivity index (χ1n) is 8.18. The molecule has 0 aromatic heterocycles. The standard InChI is InChI=1S/C15H28N4O2.2ClH/c1-3-17(4-2)12-14(20)18-8-10-19(11-9-18)15(21)13-6-5-7-16-13;;/h13,16H,3-12H2,1-2H3;2*1H. The SMILES string of the molecule is CCN(CC)CC(=O)N1CCN(C(=O)C2CCCN2)CC1.Cl.Cl. The molecule has 2 amide bonds. The van der Waals surface area contributed by atoms with Crippen LogP contribution in [0.2, 0.25) is 0 Å². The fourth-order valence-electron chi connectivity index (χ4n) is 3.03. The van der Waals surface area contributed by atoms with Crippen LogP contribution in [0.25, 0.3) is 0 Å². The van der Waals surface area contributed by atoms with Crippen molar-refractivity contribution in [3.63, 3.8) is 0 Å². The van der Waals surface area contributed by atoms with Crippen LogP contribution in [0, 0.1) is 0 Å². The van der Waals surface area contributed by atoms with Gasteiger partial charge in [-0.25, -0.2) is 0 Å². The second-order valence-corrected chi connectivity index (χ2v) is 5.82. The topological polar surface area (TPSA) is 55.9 Å². The first-order valence-corrected chi connectivity index (χ1v) is 8.18. The summed E-state index contributed by atoms with van der Waals surface area (Å²) < 4.78 is 0. The van der Waals surface area contributed by atoms with Crippen LogP contribution < -0.4 is 5.32 Å². The number of carbonyl (C=O) groups excluding carboxylic acids is 2. The van der Waals surface area contributed by atoms with Gasteiger partial charge in [-0.2, -0.15) is 0 Å². The molecule has 1 atom stereocenters. The van der Waals surface area contributed by atoms with E-state index in [0.717, 1.165) is 32.5 Å². The van der Waals surface area contributed by atoms with Crippen LogP contribution in [0.4, 0.5) is 0 Å². The third-order valence-corrected chi connectivity index (χ3v) is 4.56. The molecule has 6 nitrogen and oxygen atoms in total. The van der Waals surface area contributed by atoms with Crippen molar-refractivity contribution in [1.82, 2.24) is 20.0 Å². The molecule has 23 heavy (non-hydrogen) atoms. The Morgan fingerprint density at radius 3 is 2.09 bits per heavy atom. The molecule has 0 saturated carbocycles. The summed E-state index contributed by atoms with van der Waals surface area (Å²) in [5.74, 6) is 0.396. The minimum atomic E-state index is 0. The van der Waals surface area contributed by atoms with Gasteiger partial charge in [0.1, 0.15) is 0 Å². The average molecular weight is 369 g/mol. The normalized spacial score (nSPS) is 20.9. The van der Waals surface area contributed by atoms with Crippen molar-refractivity contribution in [2.45, 2.75) is 32.7 Å². The first kappa shape index (κ1) is 22.4. The summed E-state index contributed by atoms with van der Waals surface area (Å²) in [4.78, 5) is 30.5. The Labute approximate surface area is 151 Å². The maximum atomic E-state index is 12.3. The van der Waals surface area contributed by atoms with E-state index in [4.69, 9.17) is 0 Å². The molecule has 0 bridgehead atoms. The predicted octanol–water partition coefficient (Wildman–Crippen LogP) is 0.595. The molecule has 136 valence electrons. The van der Waals surface area contributed by atoms with Crippen LogP contribution in [0.3, 0.4) is 0 Å². The van der Waals surface area contributed by atoms with E-state index >= 15 is 0 Å². The molecule has 1 N–H and O–H groups in total. The Morgan fingerprint density at radius 2 is 1.61 bits per heavy atom. The van der Waals surface area contributed by atoms with E-state index in [1.54, 1.807) is 0 Å². The smallest absolute Gasteiger partial charge is 0.239 e. The number of nitrogens with zero attached hydrogens (tertiary/aromatic N) is 3. The number of nitrogens with one attached hydrogen (secondary N) is 1. The lowest BCUT2D eigenvalue weighted by Crippen LogP contribution is -2.55. The van der Waals surface area contributed by atoms with Gasteiger partial charge in [0.15, 0.2) is 0 Å². The van der Waals surface area contributed by atoms with Crippen molar-refractivity contribution in [2.75, 3.05) is 52.4 Å². The lowest BCUT2D eigenvalue weighted by molar-refractivity contribution is -0.141. The molecule has 1 unspecified atom stereocenters. The zero-order chi connectivity index (χ0) is 15.2. The summed E-state index contributed by atoms with van der Waals surface area (Å²) >= 11 is 0. The number of hydrogen-bond acceptors (Lipinski definition) is 4. The summed E-state index contributed by atoms with van der Waals surface area (Å²) in [5.41, 5.74) is 0. The lowest BCUT2D eigenvalue weighted by Gasteiger charge is -2.36. The number of carbonyl (C=O) groups is 2. The van der Waals surface area contributed by atoms with Gasteiger partial charge in [-0.15, -0.1) is 24.8 Å². The van der Waals surface area contributed by atoms with E-state index in [-0.39, 0.29) is 42.7 Å². The lowest BCUT2D eigenvalue weighted by atomic mass is 10.2. The van der Waals surface area contributed by atoms with E-state index in [1.807, 2.05) is 9.80 Å². The van der Waals surface area contributed by atoms with Crippen LogP contribution in [0.1, 0.15) is 26.7 Å². The molecule has 0 aromatic rings. The van der Waals surface area contributed by atoms with E-state index in [9.17, 15) is 9.59 Å². The molecule has 0 spiro atoms. The number of likely N-dealkylation sites (N-methyl/N-ethyl adjacent to an activating group) is 1. The van der Waals surface area contributed by atoms with Crippen molar-refractivity contribution < 1.29 is 9.59 Å². The third-order valence-electron chi connectivity index (χ3n) is 4.56. The highest BCUT2D eigenvalue weighted by molar-refractivity contribution is 5.85. The van der Waals surface area contributed by atoms with Crippen molar-refractivity contribution in [3.05, 3.63) is 0 Å². The number of rotatable bonds is 5. The highest BCUT2D eigenvalue weighted by Crippen LogP contribution is 2.11. The largest absolute Gasteiger partial charge is 0.338 e. The maximum Gasteiger partial charge on any atom is 0.239 e. The van der Waals surface area contributed by atoms with E-state index in [0.29, 0.717) is 32.7 Å². The minimum absolute atomic E-state index is 0. The second-order valence-electron chi connectivity index (χ2n) is 5.82. The van der Waals surface area contributed by atoms with Gasteiger partial charge in [-0.1, -0.05) is 13.8 Å². The summed E-state index contributed by atoms with van der Waals surface area (Å²) in [5, 5.41) is 3.25. The molecule has 2 saturated heterocycles. The minimum Gasteiger partial charge on any atom is -0.338 e. The van der Waals surface area contributed by atoms with Gasteiger partial charge in [-0.3, -0.25) is 14.5 Å². The van der Waals surface area contributed by atoms with Crippen molar-refractivity contribution >= 4 is 36.6 Å². The molecule has 2 heterocycles. The quantitative estimate of drug-likeness (QED) is 0.771. The number of piperazine rings is 1. The molecular weight excluding hydrogens is 339 g/mol. The summed E-state index contributed by atoms with van der Waals surface area (Å²) in [6.07, 6.45) is 2.03.